The molecule has 5 rings (SSSR count). The van der Waals surface area contributed by atoms with Gasteiger partial charge in [0.05, 0.1) is 11.6 Å². The number of benzene rings is 2. The fourth-order valence-electron chi connectivity index (χ4n) is 4.68. The average molecular weight is 514 g/mol. The summed E-state index contributed by atoms with van der Waals surface area (Å²) >= 11 is 0. The second-order valence-electron chi connectivity index (χ2n) is 8.67. The molecule has 2 aromatic heterocycles. The van der Waals surface area contributed by atoms with Crippen molar-refractivity contribution < 1.29 is 9.21 Å². The predicted octanol–water partition coefficient (Wildman–Crippen LogP) is 4.87. The van der Waals surface area contributed by atoms with Gasteiger partial charge in [0, 0.05) is 54.4 Å². The van der Waals surface area contributed by atoms with Crippen molar-refractivity contribution in [2.24, 2.45) is 5.73 Å². The van der Waals surface area contributed by atoms with Crippen LogP contribution >= 0.6 is 24.8 Å². The molecular weight excluding hydrogens is 485 g/mol. The lowest BCUT2D eigenvalue weighted by Gasteiger charge is -2.36. The van der Waals surface area contributed by atoms with E-state index in [4.69, 9.17) is 15.4 Å². The first-order valence-electron chi connectivity index (χ1n) is 11.4. The van der Waals surface area contributed by atoms with E-state index in [0.29, 0.717) is 11.1 Å². The first-order valence-corrected chi connectivity index (χ1v) is 11.4. The van der Waals surface area contributed by atoms with Gasteiger partial charge in [-0.25, -0.2) is 0 Å². The van der Waals surface area contributed by atoms with Gasteiger partial charge in [-0.2, -0.15) is 5.26 Å². The van der Waals surface area contributed by atoms with Crippen LogP contribution in [0.3, 0.4) is 0 Å². The van der Waals surface area contributed by atoms with Crippen LogP contribution in [-0.2, 0) is 6.42 Å². The van der Waals surface area contributed by atoms with Crippen LogP contribution in [0, 0.1) is 11.3 Å². The van der Waals surface area contributed by atoms with Gasteiger partial charge in [-0.05, 0) is 73.8 Å². The first-order chi connectivity index (χ1) is 16.1. The maximum Gasteiger partial charge on any atom is 0.284 e. The van der Waals surface area contributed by atoms with Crippen molar-refractivity contribution in [3.05, 3.63) is 65.5 Å². The van der Waals surface area contributed by atoms with Crippen molar-refractivity contribution in [1.29, 1.82) is 5.26 Å². The van der Waals surface area contributed by atoms with Gasteiger partial charge in [-0.15, -0.1) is 24.8 Å². The van der Waals surface area contributed by atoms with Crippen molar-refractivity contribution in [3.63, 3.8) is 0 Å². The minimum atomic E-state index is -0.544. The Kier molecular flexibility index (Phi) is 8.68. The van der Waals surface area contributed by atoms with E-state index in [2.05, 4.69) is 33.1 Å². The van der Waals surface area contributed by atoms with Gasteiger partial charge >= 0.3 is 0 Å². The molecule has 0 saturated carbocycles. The lowest BCUT2D eigenvalue weighted by atomic mass is 10.1. The molecule has 0 unspecified atom stereocenters. The van der Waals surface area contributed by atoms with Crippen molar-refractivity contribution in [1.82, 2.24) is 9.88 Å². The monoisotopic (exact) mass is 513 g/mol. The number of unbranched alkanes of at least 4 members (excludes halogenated alkanes) is 1. The molecule has 2 aromatic carbocycles. The van der Waals surface area contributed by atoms with Crippen molar-refractivity contribution in [2.45, 2.75) is 19.3 Å². The van der Waals surface area contributed by atoms with Crippen LogP contribution in [-0.4, -0.2) is 48.5 Å². The molecule has 1 aliphatic rings. The number of halogens is 2. The Labute approximate surface area is 216 Å². The second-order valence-corrected chi connectivity index (χ2v) is 8.67. The number of fused-ring (bicyclic) bond motifs is 2. The van der Waals surface area contributed by atoms with Gasteiger partial charge < -0.3 is 20.0 Å². The van der Waals surface area contributed by atoms with Crippen LogP contribution in [0.1, 0.15) is 34.5 Å². The number of rotatable bonds is 7. The van der Waals surface area contributed by atoms with E-state index >= 15 is 0 Å². The van der Waals surface area contributed by atoms with Crippen LogP contribution in [0.4, 0.5) is 5.69 Å². The van der Waals surface area contributed by atoms with Crippen LogP contribution in [0.5, 0.6) is 0 Å². The van der Waals surface area contributed by atoms with E-state index < -0.39 is 5.91 Å². The quantitative estimate of drug-likeness (QED) is 0.343. The Morgan fingerprint density at radius 3 is 2.60 bits per heavy atom. The highest BCUT2D eigenvalue weighted by molar-refractivity contribution is 5.95. The normalized spacial score (nSPS) is 13.9. The van der Waals surface area contributed by atoms with E-state index in [9.17, 15) is 4.79 Å². The Bertz CT molecular complexity index is 1350. The molecule has 1 amide bonds. The highest BCUT2D eigenvalue weighted by Crippen LogP contribution is 2.26. The minimum Gasteiger partial charge on any atom is -0.451 e. The number of carbonyl (C=O) groups is 1. The van der Waals surface area contributed by atoms with E-state index in [0.717, 1.165) is 68.6 Å². The number of primary amides is 1. The summed E-state index contributed by atoms with van der Waals surface area (Å²) < 4.78 is 5.49. The standard InChI is InChI=1S/C26H27N5O2.2ClH/c27-16-18-4-6-23-22(13-18)19(17-29-23)3-1-2-8-30-9-11-31(12-10-30)21-5-7-24-20(14-21)15-25(33-24)26(28)32;;/h4-7,13-15,17,29H,1-3,8-12H2,(H2,28,32);2*1H. The van der Waals surface area contributed by atoms with E-state index in [1.165, 1.54) is 10.9 Å². The number of hydrogen-bond acceptors (Lipinski definition) is 5. The number of amides is 1. The van der Waals surface area contributed by atoms with Crippen LogP contribution < -0.4 is 10.6 Å². The average Bonchev–Trinajstić information content (AvgIpc) is 3.45. The summed E-state index contributed by atoms with van der Waals surface area (Å²) in [5.74, 6) is -0.344. The number of H-pyrrole nitrogens is 1. The molecule has 35 heavy (non-hydrogen) atoms. The summed E-state index contributed by atoms with van der Waals surface area (Å²) in [7, 11) is 0. The number of nitriles is 1. The maximum absolute atomic E-state index is 11.4. The number of carbonyl (C=O) groups excluding carboxylic acids is 1. The van der Waals surface area contributed by atoms with Gasteiger partial charge in [-0.1, -0.05) is 0 Å². The van der Waals surface area contributed by atoms with Gasteiger partial charge in [0.1, 0.15) is 5.58 Å². The minimum absolute atomic E-state index is 0. The molecule has 4 aromatic rings. The third-order valence-electron chi connectivity index (χ3n) is 6.55. The molecular formula is C26H29Cl2N5O2. The molecule has 9 heteroatoms. The van der Waals surface area contributed by atoms with E-state index in [-0.39, 0.29) is 30.6 Å². The molecule has 0 aliphatic carbocycles. The number of anilines is 1. The third-order valence-corrected chi connectivity index (χ3v) is 6.55. The lowest BCUT2D eigenvalue weighted by Crippen LogP contribution is -2.46. The highest BCUT2D eigenvalue weighted by Gasteiger charge is 2.18. The van der Waals surface area contributed by atoms with Crippen LogP contribution in [0.25, 0.3) is 21.9 Å². The van der Waals surface area contributed by atoms with Crippen LogP contribution in [0.15, 0.2) is 53.1 Å². The second kappa shape index (κ2) is 11.5. The number of hydrogen-bond donors (Lipinski definition) is 2. The third kappa shape index (κ3) is 5.73. The maximum atomic E-state index is 11.4. The summed E-state index contributed by atoms with van der Waals surface area (Å²) in [6, 6.07) is 15.8. The van der Waals surface area contributed by atoms with E-state index in [1.54, 1.807) is 6.07 Å². The Balaban J connectivity index is 0.00000171. The number of piperazine rings is 1. The molecule has 1 aliphatic heterocycles. The highest BCUT2D eigenvalue weighted by atomic mass is 35.5. The van der Waals surface area contributed by atoms with Crippen molar-refractivity contribution in [2.75, 3.05) is 37.6 Å². The van der Waals surface area contributed by atoms with Crippen molar-refractivity contribution >= 4 is 58.3 Å². The summed E-state index contributed by atoms with van der Waals surface area (Å²) in [5, 5.41) is 11.2. The molecule has 0 bridgehead atoms. The summed E-state index contributed by atoms with van der Waals surface area (Å²) in [6.45, 7) is 5.13. The molecule has 0 atom stereocenters. The number of nitrogens with two attached hydrogens (primary N) is 1. The zero-order valence-corrected chi connectivity index (χ0v) is 21.0. The number of aromatic nitrogens is 1. The first kappa shape index (κ1) is 26.4. The Hall–Kier alpha value is -3.18. The molecule has 1 fully saturated rings. The van der Waals surface area contributed by atoms with Gasteiger partial charge in [-0.3, -0.25) is 9.69 Å². The molecule has 0 radical (unpaired) electrons. The SMILES string of the molecule is Cl.Cl.N#Cc1ccc2[nH]cc(CCCCN3CCN(c4ccc5oc(C(N)=O)cc5c4)CC3)c2c1. The van der Waals surface area contributed by atoms with Gasteiger partial charge in [0.2, 0.25) is 0 Å². The predicted molar refractivity (Wildman–Crippen MR) is 144 cm³/mol. The zero-order valence-electron chi connectivity index (χ0n) is 19.3. The number of nitrogens with zero attached hydrogens (tertiary/aromatic N) is 3. The zero-order chi connectivity index (χ0) is 22.8. The lowest BCUT2D eigenvalue weighted by molar-refractivity contribution is 0.0976. The Morgan fingerprint density at radius 1 is 1.06 bits per heavy atom. The number of nitrogens with one attached hydrogen (secondary N) is 1. The molecule has 3 N–H and O–H groups in total. The topological polar surface area (TPSA) is 102 Å². The molecule has 7 nitrogen and oxygen atoms in total. The smallest absolute Gasteiger partial charge is 0.284 e. The van der Waals surface area contributed by atoms with Crippen LogP contribution in [0.2, 0.25) is 0 Å². The summed E-state index contributed by atoms with van der Waals surface area (Å²) in [6.07, 6.45) is 5.38. The van der Waals surface area contributed by atoms with E-state index in [1.807, 2.05) is 30.3 Å². The number of aryl methyl sites for hydroxylation is 1. The molecule has 184 valence electrons. The fraction of sp³-hybridized carbons (Fsp3) is 0.308. The molecule has 3 heterocycles. The fourth-order valence-corrected chi connectivity index (χ4v) is 4.68. The largest absolute Gasteiger partial charge is 0.451 e. The van der Waals surface area contributed by atoms with Gasteiger partial charge in [0.25, 0.3) is 5.91 Å². The number of furan rings is 1. The molecule has 1 saturated heterocycles. The summed E-state index contributed by atoms with van der Waals surface area (Å²) in [5.41, 5.74) is 10.3. The van der Waals surface area contributed by atoms with Gasteiger partial charge in [0.15, 0.2) is 5.76 Å². The van der Waals surface area contributed by atoms with Crippen molar-refractivity contribution in [3.8, 4) is 6.07 Å². The Morgan fingerprint density at radius 2 is 1.86 bits per heavy atom. The molecule has 0 spiro atoms. The number of aromatic amines is 1. The summed E-state index contributed by atoms with van der Waals surface area (Å²) in [4.78, 5) is 19.6.